The molecule has 1 amide bonds. The molecular formula is C27H30N6O2. The van der Waals surface area contributed by atoms with Gasteiger partial charge in [0, 0.05) is 30.2 Å². The molecular weight excluding hydrogens is 440 g/mol. The van der Waals surface area contributed by atoms with Crippen LogP contribution in [-0.2, 0) is 6.54 Å². The lowest BCUT2D eigenvalue weighted by atomic mass is 10.0. The van der Waals surface area contributed by atoms with E-state index in [4.69, 9.17) is 0 Å². The summed E-state index contributed by atoms with van der Waals surface area (Å²) < 4.78 is 2.05. The molecule has 0 fully saturated rings. The number of aromatic nitrogens is 2. The number of pyridine rings is 1. The van der Waals surface area contributed by atoms with Gasteiger partial charge in [0.05, 0.1) is 11.4 Å². The molecule has 1 aliphatic rings. The Bertz CT molecular complexity index is 1350. The van der Waals surface area contributed by atoms with Crippen LogP contribution in [0, 0.1) is 0 Å². The fourth-order valence-corrected chi connectivity index (χ4v) is 4.39. The van der Waals surface area contributed by atoms with E-state index in [-0.39, 0.29) is 5.91 Å². The Morgan fingerprint density at radius 3 is 2.77 bits per heavy atom. The molecule has 4 N–H and O–H groups in total. The highest BCUT2D eigenvalue weighted by atomic mass is 16.3. The van der Waals surface area contributed by atoms with E-state index in [1.165, 1.54) is 0 Å². The van der Waals surface area contributed by atoms with Crippen molar-refractivity contribution in [3.8, 4) is 11.3 Å². The van der Waals surface area contributed by atoms with Crippen LogP contribution in [0.1, 0.15) is 34.1 Å². The molecule has 1 atom stereocenters. The minimum atomic E-state index is -0.692. The van der Waals surface area contributed by atoms with Gasteiger partial charge in [-0.2, -0.15) is 0 Å². The van der Waals surface area contributed by atoms with Crippen LogP contribution in [0.5, 0.6) is 0 Å². The summed E-state index contributed by atoms with van der Waals surface area (Å²) in [4.78, 5) is 18.6. The van der Waals surface area contributed by atoms with E-state index in [1.54, 1.807) is 6.20 Å². The first-order valence-electron chi connectivity index (χ1n) is 11.8. The molecule has 8 nitrogen and oxygen atoms in total. The van der Waals surface area contributed by atoms with E-state index in [0.717, 1.165) is 64.5 Å². The van der Waals surface area contributed by atoms with Crippen molar-refractivity contribution in [2.45, 2.75) is 19.2 Å². The van der Waals surface area contributed by atoms with Crippen molar-refractivity contribution in [1.29, 1.82) is 0 Å². The lowest BCUT2D eigenvalue weighted by Gasteiger charge is -2.16. The van der Waals surface area contributed by atoms with E-state index in [2.05, 4.69) is 38.0 Å². The second-order valence-corrected chi connectivity index (χ2v) is 9.07. The van der Waals surface area contributed by atoms with E-state index in [1.807, 2.05) is 67.2 Å². The number of aliphatic hydroxyl groups is 1. The lowest BCUT2D eigenvalue weighted by Crippen LogP contribution is -2.25. The molecule has 0 bridgehead atoms. The second-order valence-electron chi connectivity index (χ2n) is 9.07. The fourth-order valence-electron chi connectivity index (χ4n) is 4.39. The summed E-state index contributed by atoms with van der Waals surface area (Å²) in [6, 6.07) is 17.7. The summed E-state index contributed by atoms with van der Waals surface area (Å²) in [6.45, 7) is 2.29. The number of aliphatic hydroxyl groups excluding tert-OH is 1. The van der Waals surface area contributed by atoms with Crippen LogP contribution in [0.2, 0.25) is 0 Å². The Hall–Kier alpha value is -3.72. The van der Waals surface area contributed by atoms with Gasteiger partial charge < -0.3 is 20.6 Å². The van der Waals surface area contributed by atoms with Gasteiger partial charge in [0.25, 0.3) is 5.91 Å². The Kier molecular flexibility index (Phi) is 6.50. The van der Waals surface area contributed by atoms with Gasteiger partial charge in [-0.05, 0) is 86.7 Å². The smallest absolute Gasteiger partial charge is 0.251 e. The van der Waals surface area contributed by atoms with Crippen molar-refractivity contribution in [2.75, 3.05) is 32.5 Å². The summed E-state index contributed by atoms with van der Waals surface area (Å²) in [7, 11) is 4.08. The van der Waals surface area contributed by atoms with Crippen LogP contribution in [-0.4, -0.2) is 52.5 Å². The van der Waals surface area contributed by atoms with E-state index < -0.39 is 6.23 Å². The first-order valence-corrected chi connectivity index (χ1v) is 11.8. The first-order chi connectivity index (χ1) is 17.0. The number of rotatable bonds is 9. The molecule has 8 heteroatoms. The van der Waals surface area contributed by atoms with Crippen molar-refractivity contribution in [3.05, 3.63) is 83.7 Å². The summed E-state index contributed by atoms with van der Waals surface area (Å²) in [5.41, 5.74) is 7.22. The van der Waals surface area contributed by atoms with Gasteiger partial charge in [0.15, 0.2) is 5.65 Å². The molecule has 1 unspecified atom stereocenters. The zero-order valence-electron chi connectivity index (χ0n) is 20.0. The number of nitrogens with zero attached hydrogens (tertiary/aromatic N) is 3. The molecule has 0 spiro atoms. The standard InChI is InChI=1S/C27H30N6O2/c1-32(2)14-3-12-29-26(34)18-4-7-21(8-5-18)31-23-10-11-24(33-15-13-28-25(23)33)19-6-9-22-20(16-19)17-30-27(22)35/h4-11,13,15-16,26,29,31,34H,3,12,14,17H2,1-2H3,(H,30,35). The van der Waals surface area contributed by atoms with Crippen LogP contribution >= 0.6 is 0 Å². The van der Waals surface area contributed by atoms with Crippen LogP contribution in [0.3, 0.4) is 0 Å². The third-order valence-corrected chi connectivity index (χ3v) is 6.26. The van der Waals surface area contributed by atoms with Crippen LogP contribution < -0.4 is 16.0 Å². The number of imidazole rings is 1. The Morgan fingerprint density at radius 1 is 1.14 bits per heavy atom. The van der Waals surface area contributed by atoms with Gasteiger partial charge in [-0.15, -0.1) is 0 Å². The average molecular weight is 471 g/mol. The summed E-state index contributed by atoms with van der Waals surface area (Å²) >= 11 is 0. The number of fused-ring (bicyclic) bond motifs is 2. The Balaban J connectivity index is 1.31. The van der Waals surface area contributed by atoms with Gasteiger partial charge in [-0.1, -0.05) is 18.2 Å². The van der Waals surface area contributed by atoms with E-state index in [0.29, 0.717) is 6.54 Å². The predicted octanol–water partition coefficient (Wildman–Crippen LogP) is 3.52. The maximum absolute atomic E-state index is 11.9. The van der Waals surface area contributed by atoms with Gasteiger partial charge in [-0.3, -0.25) is 14.5 Å². The molecule has 0 saturated heterocycles. The zero-order chi connectivity index (χ0) is 24.4. The van der Waals surface area contributed by atoms with Crippen molar-refractivity contribution in [2.24, 2.45) is 0 Å². The summed E-state index contributed by atoms with van der Waals surface area (Å²) in [6.07, 6.45) is 4.00. The van der Waals surface area contributed by atoms with Crippen LogP contribution in [0.25, 0.3) is 16.9 Å². The first kappa shape index (κ1) is 23.0. The van der Waals surface area contributed by atoms with Crippen LogP contribution in [0.15, 0.2) is 67.0 Å². The molecule has 5 rings (SSSR count). The number of nitrogens with one attached hydrogen (secondary N) is 3. The number of hydrogen-bond acceptors (Lipinski definition) is 6. The summed E-state index contributed by atoms with van der Waals surface area (Å²) in [5, 5.41) is 19.9. The van der Waals surface area contributed by atoms with Crippen LogP contribution in [0.4, 0.5) is 11.4 Å². The minimum absolute atomic E-state index is 0.0162. The van der Waals surface area contributed by atoms with Gasteiger partial charge in [0.2, 0.25) is 0 Å². The number of benzene rings is 2. The molecule has 180 valence electrons. The zero-order valence-corrected chi connectivity index (χ0v) is 20.0. The predicted molar refractivity (Wildman–Crippen MR) is 138 cm³/mol. The fraction of sp³-hybridized carbons (Fsp3) is 0.259. The van der Waals surface area contributed by atoms with Crippen molar-refractivity contribution >= 4 is 22.9 Å². The highest BCUT2D eigenvalue weighted by Crippen LogP contribution is 2.30. The highest BCUT2D eigenvalue weighted by Gasteiger charge is 2.19. The molecule has 0 radical (unpaired) electrons. The Morgan fingerprint density at radius 2 is 1.97 bits per heavy atom. The second kappa shape index (κ2) is 9.87. The third-order valence-electron chi connectivity index (χ3n) is 6.26. The average Bonchev–Trinajstić information content (AvgIpc) is 3.49. The minimum Gasteiger partial charge on any atom is -0.374 e. The van der Waals surface area contributed by atoms with Gasteiger partial charge in [-0.25, -0.2) is 4.98 Å². The molecule has 35 heavy (non-hydrogen) atoms. The van der Waals surface area contributed by atoms with Crippen molar-refractivity contribution < 1.29 is 9.90 Å². The normalized spacial score (nSPS) is 13.8. The maximum atomic E-state index is 11.9. The number of carbonyl (C=O) groups excluding carboxylic acids is 1. The maximum Gasteiger partial charge on any atom is 0.251 e. The lowest BCUT2D eigenvalue weighted by molar-refractivity contribution is 0.0965. The number of anilines is 2. The van der Waals surface area contributed by atoms with Gasteiger partial charge in [0.1, 0.15) is 6.23 Å². The molecule has 0 saturated carbocycles. The SMILES string of the molecule is CN(C)CCCNC(O)c1ccc(Nc2ccc(-c3ccc4c(c3)CNC4=O)n3ccnc23)cc1. The van der Waals surface area contributed by atoms with Crippen molar-refractivity contribution in [1.82, 2.24) is 24.9 Å². The molecule has 1 aliphatic heterocycles. The largest absolute Gasteiger partial charge is 0.374 e. The molecule has 4 aromatic rings. The van der Waals surface area contributed by atoms with Crippen molar-refractivity contribution in [3.63, 3.8) is 0 Å². The quantitative estimate of drug-likeness (QED) is 0.221. The number of carbonyl (C=O) groups is 1. The number of hydrogen-bond donors (Lipinski definition) is 4. The third kappa shape index (κ3) is 4.90. The van der Waals surface area contributed by atoms with E-state index in [9.17, 15) is 9.90 Å². The molecule has 3 heterocycles. The molecule has 2 aromatic heterocycles. The van der Waals surface area contributed by atoms with E-state index >= 15 is 0 Å². The molecule has 0 aliphatic carbocycles. The molecule has 2 aromatic carbocycles. The monoisotopic (exact) mass is 470 g/mol. The number of amides is 1. The highest BCUT2D eigenvalue weighted by molar-refractivity contribution is 5.99. The summed E-state index contributed by atoms with van der Waals surface area (Å²) in [5.74, 6) is -0.0162. The topological polar surface area (TPSA) is 93.9 Å². The Labute approximate surface area is 204 Å². The van der Waals surface area contributed by atoms with Gasteiger partial charge >= 0.3 is 0 Å².